The van der Waals surface area contributed by atoms with Gasteiger partial charge in [-0.3, -0.25) is 9.59 Å². The number of amides is 1. The second kappa shape index (κ2) is 39.1. The van der Waals surface area contributed by atoms with Crippen molar-refractivity contribution >= 4 is 11.9 Å². The van der Waals surface area contributed by atoms with Crippen molar-refractivity contribution in [1.82, 2.24) is 5.32 Å². The van der Waals surface area contributed by atoms with Crippen LogP contribution >= 0.6 is 0 Å². The molecule has 1 amide bonds. The third-order valence-electron chi connectivity index (χ3n) is 9.47. The van der Waals surface area contributed by atoms with Crippen LogP contribution in [0, 0.1) is 0 Å². The maximum absolute atomic E-state index is 12.3. The lowest BCUT2D eigenvalue weighted by Crippen LogP contribution is -2.45. The van der Waals surface area contributed by atoms with Crippen LogP contribution in [0.4, 0.5) is 0 Å². The molecule has 49 heavy (non-hydrogen) atoms. The summed E-state index contributed by atoms with van der Waals surface area (Å²) >= 11 is 0. The van der Waals surface area contributed by atoms with Gasteiger partial charge in [0.1, 0.15) is 0 Å². The first-order valence-electron chi connectivity index (χ1n) is 21.1. The predicted octanol–water partition coefficient (Wildman–Crippen LogP) is 11.6. The number of allylic oxidation sites excluding steroid dienone is 4. The summed E-state index contributed by atoms with van der Waals surface area (Å²) in [5.74, 6) is -0.123. The Labute approximate surface area is 303 Å². The van der Waals surface area contributed by atoms with Gasteiger partial charge in [-0.1, -0.05) is 147 Å². The van der Waals surface area contributed by atoms with Crippen LogP contribution in [0.1, 0.15) is 213 Å². The molecule has 0 aromatic carbocycles. The van der Waals surface area contributed by atoms with Crippen LogP contribution in [0.25, 0.3) is 0 Å². The minimum absolute atomic E-state index is 0.0478. The molecule has 288 valence electrons. The minimum Gasteiger partial charge on any atom is -0.466 e. The molecule has 0 aliphatic heterocycles. The zero-order valence-corrected chi connectivity index (χ0v) is 32.4. The molecule has 2 atom stereocenters. The number of aliphatic hydroxyl groups is 2. The molecule has 0 aromatic heterocycles. The van der Waals surface area contributed by atoms with E-state index in [1.54, 1.807) is 0 Å². The van der Waals surface area contributed by atoms with Crippen molar-refractivity contribution in [2.24, 2.45) is 0 Å². The number of carbonyl (C=O) groups excluding carboxylic acids is 2. The van der Waals surface area contributed by atoms with Gasteiger partial charge in [-0.15, -0.1) is 0 Å². The molecule has 0 rings (SSSR count). The second-order valence-electron chi connectivity index (χ2n) is 14.3. The van der Waals surface area contributed by atoms with Crippen molar-refractivity contribution < 1.29 is 24.5 Å². The van der Waals surface area contributed by atoms with Crippen LogP contribution in [0.2, 0.25) is 0 Å². The van der Waals surface area contributed by atoms with Crippen molar-refractivity contribution in [3.63, 3.8) is 0 Å². The lowest BCUT2D eigenvalue weighted by atomic mass is 10.0. The average Bonchev–Trinajstić information content (AvgIpc) is 3.10. The third kappa shape index (κ3) is 36.0. The summed E-state index contributed by atoms with van der Waals surface area (Å²) in [4.78, 5) is 24.3. The molecule has 3 N–H and O–H groups in total. The first-order valence-corrected chi connectivity index (χ1v) is 21.1. The van der Waals surface area contributed by atoms with E-state index in [9.17, 15) is 19.8 Å². The molecule has 0 radical (unpaired) electrons. The van der Waals surface area contributed by atoms with Gasteiger partial charge in [0.2, 0.25) is 5.91 Å². The zero-order valence-electron chi connectivity index (χ0n) is 32.4. The average molecular weight is 692 g/mol. The lowest BCUT2D eigenvalue weighted by molar-refractivity contribution is -0.143. The SMILES string of the molecule is CCCCC/C=C\CCCCCCCC(=O)OCCCC/C=C\CCCCCCC(=O)NC(CO)C(O)CCCCCCCCCCCC. The summed E-state index contributed by atoms with van der Waals surface area (Å²) in [5.41, 5.74) is 0. The van der Waals surface area contributed by atoms with Gasteiger partial charge in [-0.05, 0) is 77.0 Å². The summed E-state index contributed by atoms with van der Waals surface area (Å²) in [6, 6.07) is -0.564. The van der Waals surface area contributed by atoms with E-state index in [0.717, 1.165) is 77.0 Å². The summed E-state index contributed by atoms with van der Waals surface area (Å²) < 4.78 is 5.40. The molecule has 0 bridgehead atoms. The maximum Gasteiger partial charge on any atom is 0.305 e. The fourth-order valence-electron chi connectivity index (χ4n) is 6.15. The molecule has 0 aromatic rings. The monoisotopic (exact) mass is 692 g/mol. The molecule has 0 heterocycles. The summed E-state index contributed by atoms with van der Waals surface area (Å²) in [6.45, 7) is 4.80. The number of carbonyl (C=O) groups is 2. The van der Waals surface area contributed by atoms with Crippen molar-refractivity contribution in [1.29, 1.82) is 0 Å². The van der Waals surface area contributed by atoms with E-state index >= 15 is 0 Å². The minimum atomic E-state index is -0.683. The normalized spacial score (nSPS) is 13.0. The van der Waals surface area contributed by atoms with Crippen molar-refractivity contribution in [3.8, 4) is 0 Å². The lowest BCUT2D eigenvalue weighted by Gasteiger charge is -2.22. The number of rotatable bonds is 38. The summed E-state index contributed by atoms with van der Waals surface area (Å²) in [7, 11) is 0. The van der Waals surface area contributed by atoms with Crippen LogP contribution in [0.5, 0.6) is 0 Å². The van der Waals surface area contributed by atoms with Crippen LogP contribution < -0.4 is 5.32 Å². The van der Waals surface area contributed by atoms with Gasteiger partial charge in [0.15, 0.2) is 0 Å². The molecule has 0 saturated carbocycles. The first-order chi connectivity index (χ1) is 24.0. The van der Waals surface area contributed by atoms with Crippen LogP contribution in [0.15, 0.2) is 24.3 Å². The Morgan fingerprint density at radius 3 is 1.49 bits per heavy atom. The molecule has 0 aliphatic rings. The van der Waals surface area contributed by atoms with Crippen molar-refractivity contribution in [2.75, 3.05) is 13.2 Å². The van der Waals surface area contributed by atoms with Gasteiger partial charge in [0, 0.05) is 12.8 Å². The number of esters is 1. The Bertz CT molecular complexity index is 767. The number of hydrogen-bond donors (Lipinski definition) is 3. The Balaban J connectivity index is 3.56. The van der Waals surface area contributed by atoms with Crippen molar-refractivity contribution in [2.45, 2.75) is 225 Å². The highest BCUT2D eigenvalue weighted by Crippen LogP contribution is 2.14. The number of unbranched alkanes of at least 4 members (excludes halogenated alkanes) is 23. The molecule has 2 unspecified atom stereocenters. The zero-order chi connectivity index (χ0) is 35.9. The molecule has 0 saturated heterocycles. The number of aliphatic hydroxyl groups excluding tert-OH is 2. The van der Waals surface area contributed by atoms with E-state index in [0.29, 0.717) is 25.9 Å². The second-order valence-corrected chi connectivity index (χ2v) is 14.3. The van der Waals surface area contributed by atoms with Crippen LogP contribution in [0.3, 0.4) is 0 Å². The van der Waals surface area contributed by atoms with E-state index in [2.05, 4.69) is 43.5 Å². The molecular formula is C43H81NO5. The molecular weight excluding hydrogens is 610 g/mol. The Morgan fingerprint density at radius 1 is 0.551 bits per heavy atom. The molecule has 6 nitrogen and oxygen atoms in total. The van der Waals surface area contributed by atoms with E-state index in [1.165, 1.54) is 103 Å². The highest BCUT2D eigenvalue weighted by Gasteiger charge is 2.20. The number of nitrogens with one attached hydrogen (secondary N) is 1. The summed E-state index contributed by atoms with van der Waals surface area (Å²) in [5, 5.41) is 23.0. The predicted molar refractivity (Wildman–Crippen MR) is 209 cm³/mol. The fraction of sp³-hybridized carbons (Fsp3) is 0.860. The molecule has 0 spiro atoms. The number of hydrogen-bond acceptors (Lipinski definition) is 5. The van der Waals surface area contributed by atoms with E-state index < -0.39 is 12.1 Å². The summed E-state index contributed by atoms with van der Waals surface area (Å²) in [6.07, 6.45) is 42.7. The van der Waals surface area contributed by atoms with Gasteiger partial charge in [0.05, 0.1) is 25.4 Å². The molecule has 0 fully saturated rings. The van der Waals surface area contributed by atoms with Crippen LogP contribution in [-0.2, 0) is 14.3 Å². The fourth-order valence-corrected chi connectivity index (χ4v) is 6.15. The molecule has 0 aliphatic carbocycles. The van der Waals surface area contributed by atoms with E-state index in [1.807, 2.05) is 0 Å². The highest BCUT2D eigenvalue weighted by molar-refractivity contribution is 5.76. The highest BCUT2D eigenvalue weighted by atomic mass is 16.5. The third-order valence-corrected chi connectivity index (χ3v) is 9.47. The van der Waals surface area contributed by atoms with E-state index in [-0.39, 0.29) is 18.5 Å². The van der Waals surface area contributed by atoms with Gasteiger partial charge >= 0.3 is 5.97 Å². The Hall–Kier alpha value is -1.66. The van der Waals surface area contributed by atoms with Gasteiger partial charge < -0.3 is 20.3 Å². The van der Waals surface area contributed by atoms with Gasteiger partial charge in [-0.2, -0.15) is 0 Å². The standard InChI is InChI=1S/C43H81NO5/c1-3-5-7-9-11-13-15-16-21-25-29-33-37-43(48)49-38-34-30-26-22-18-17-20-24-28-32-36-42(47)44-40(39-45)41(46)35-31-27-23-19-14-12-10-8-6-4-2/h11,13,18,22,40-41,45-46H,3-10,12,14-17,19-21,23-39H2,1-2H3,(H,44,47)/b13-11-,22-18-. The maximum atomic E-state index is 12.3. The number of ether oxygens (including phenoxy) is 1. The first kappa shape index (κ1) is 47.3. The molecule has 6 heteroatoms. The van der Waals surface area contributed by atoms with E-state index in [4.69, 9.17) is 4.74 Å². The largest absolute Gasteiger partial charge is 0.466 e. The van der Waals surface area contributed by atoms with Crippen molar-refractivity contribution in [3.05, 3.63) is 24.3 Å². The van der Waals surface area contributed by atoms with Gasteiger partial charge in [0.25, 0.3) is 0 Å². The Morgan fingerprint density at radius 2 is 0.959 bits per heavy atom. The van der Waals surface area contributed by atoms with Gasteiger partial charge in [-0.25, -0.2) is 0 Å². The smallest absolute Gasteiger partial charge is 0.305 e. The quantitative estimate of drug-likeness (QED) is 0.0340. The topological polar surface area (TPSA) is 95.9 Å². The Kier molecular flexibility index (Phi) is 37.8. The van der Waals surface area contributed by atoms with Crippen LogP contribution in [-0.4, -0.2) is 47.4 Å².